The zero-order valence-corrected chi connectivity index (χ0v) is 21.5. The number of amides is 3. The van der Waals surface area contributed by atoms with Gasteiger partial charge in [-0.25, -0.2) is 9.78 Å². The molecule has 15 heteroatoms. The molecule has 2 unspecified atom stereocenters. The Hall–Kier alpha value is -3.61. The van der Waals surface area contributed by atoms with Gasteiger partial charge < -0.3 is 20.6 Å². The number of carboxylic acid groups (broad SMARTS) is 1. The molecule has 1 fully saturated rings. The van der Waals surface area contributed by atoms with Crippen molar-refractivity contribution >= 4 is 69.9 Å². The molecule has 3 aliphatic rings. The number of nitrogens with zero attached hydrogens (tertiary/aromatic N) is 4. The first-order chi connectivity index (χ1) is 17.9. The quantitative estimate of drug-likeness (QED) is 0.0902. The molecule has 3 atom stereocenters. The number of anilines is 1. The van der Waals surface area contributed by atoms with Gasteiger partial charge in [0, 0.05) is 23.0 Å². The molecule has 1 aliphatic carbocycles. The molecule has 0 spiro atoms. The van der Waals surface area contributed by atoms with Gasteiger partial charge in [-0.2, -0.15) is 5.26 Å². The van der Waals surface area contributed by atoms with Crippen LogP contribution in [-0.2, 0) is 24.0 Å². The summed E-state index contributed by atoms with van der Waals surface area (Å²) in [6.07, 6.45) is 6.75. The molecule has 1 saturated heterocycles. The number of aromatic nitrogens is 1. The Bertz CT molecular complexity index is 1270. The molecule has 3 N–H and O–H groups in total. The average molecular weight is 561 g/mol. The number of carboxylic acids is 1. The van der Waals surface area contributed by atoms with Crippen LogP contribution < -0.4 is 10.6 Å². The number of hydrogen-bond donors (Lipinski definition) is 3. The third kappa shape index (κ3) is 5.87. The lowest BCUT2D eigenvalue weighted by molar-refractivity contribution is -0.150. The molecule has 1 aromatic rings. The molecule has 4 rings (SSSR count). The van der Waals surface area contributed by atoms with Crippen molar-refractivity contribution in [1.82, 2.24) is 15.2 Å². The monoisotopic (exact) mass is 560 g/mol. The van der Waals surface area contributed by atoms with Gasteiger partial charge in [-0.1, -0.05) is 11.2 Å². The van der Waals surface area contributed by atoms with E-state index in [9.17, 15) is 24.3 Å². The van der Waals surface area contributed by atoms with Crippen LogP contribution in [0.3, 0.4) is 0 Å². The zero-order valence-electron chi connectivity index (χ0n) is 19.0. The highest BCUT2D eigenvalue weighted by Gasteiger charge is 2.54. The Kier molecular flexibility index (Phi) is 8.64. The standard InChI is InChI=1S/C22H20N6O6S3/c23-6-3-7-35-8-12-9-36-20-16(19(31)28(20)17(12)21(32)33)26-18(30)15(27-34-13-4-1-2-5-13)14-10-37-22(25-14)24-11-29/h1,3-4,7,10-11,13,16,20H,2,5,8-9H2,(H,26,30)(H,32,33)(H,24,25,29)/b7-3-,27-15?/t13?,16?,20-/m0/s1. The lowest BCUT2D eigenvalue weighted by atomic mass is 10.0. The van der Waals surface area contributed by atoms with Gasteiger partial charge in [0.2, 0.25) is 6.41 Å². The number of rotatable bonds is 11. The van der Waals surface area contributed by atoms with Gasteiger partial charge in [0.15, 0.2) is 10.8 Å². The summed E-state index contributed by atoms with van der Waals surface area (Å²) in [5.74, 6) is -1.85. The Morgan fingerprint density at radius 1 is 1.46 bits per heavy atom. The second-order valence-corrected chi connectivity index (χ2v) is 10.6. The van der Waals surface area contributed by atoms with Gasteiger partial charge in [-0.05, 0) is 29.9 Å². The molecule has 3 heterocycles. The fourth-order valence-corrected chi connectivity index (χ4v) is 6.57. The van der Waals surface area contributed by atoms with E-state index in [0.29, 0.717) is 29.9 Å². The van der Waals surface area contributed by atoms with Crippen molar-refractivity contribution in [3.8, 4) is 6.07 Å². The molecule has 192 valence electrons. The van der Waals surface area contributed by atoms with E-state index in [0.717, 1.165) is 17.8 Å². The minimum Gasteiger partial charge on any atom is -0.477 e. The molecule has 0 radical (unpaired) electrons. The number of allylic oxidation sites excluding steroid dienone is 2. The van der Waals surface area contributed by atoms with E-state index >= 15 is 0 Å². The molecule has 0 saturated carbocycles. The number of carbonyl (C=O) groups excluding carboxylic acids is 3. The molecule has 0 aromatic carbocycles. The lowest BCUT2D eigenvalue weighted by Gasteiger charge is -2.49. The summed E-state index contributed by atoms with van der Waals surface area (Å²) in [7, 11) is 0. The van der Waals surface area contributed by atoms with Crippen molar-refractivity contribution in [2.45, 2.75) is 30.4 Å². The van der Waals surface area contributed by atoms with Crippen molar-refractivity contribution in [3.63, 3.8) is 0 Å². The maximum atomic E-state index is 13.2. The predicted octanol–water partition coefficient (Wildman–Crippen LogP) is 1.66. The van der Waals surface area contributed by atoms with Crippen molar-refractivity contribution in [3.05, 3.63) is 46.0 Å². The fourth-order valence-electron chi connectivity index (χ4n) is 3.75. The van der Waals surface area contributed by atoms with Gasteiger partial charge in [-0.15, -0.1) is 34.9 Å². The van der Waals surface area contributed by atoms with Crippen LogP contribution in [0.1, 0.15) is 18.5 Å². The average Bonchev–Trinajstić information content (AvgIpc) is 3.57. The van der Waals surface area contributed by atoms with E-state index in [-0.39, 0.29) is 28.3 Å². The second-order valence-electron chi connectivity index (χ2n) is 7.75. The third-order valence-electron chi connectivity index (χ3n) is 5.43. The zero-order chi connectivity index (χ0) is 26.4. The summed E-state index contributed by atoms with van der Waals surface area (Å²) >= 11 is 3.68. The molecular formula is C22H20N6O6S3. The van der Waals surface area contributed by atoms with Crippen LogP contribution in [0.2, 0.25) is 0 Å². The number of β-lactam (4-membered cyclic amide) rings is 1. The number of nitrogens with one attached hydrogen (secondary N) is 2. The molecule has 2 aliphatic heterocycles. The maximum absolute atomic E-state index is 13.2. The highest BCUT2D eigenvalue weighted by atomic mass is 32.2. The first kappa shape index (κ1) is 26.5. The van der Waals surface area contributed by atoms with Gasteiger partial charge in [0.1, 0.15) is 28.9 Å². The fraction of sp³-hybridized carbons (Fsp3) is 0.318. The van der Waals surface area contributed by atoms with Crippen molar-refractivity contribution in [1.29, 1.82) is 5.26 Å². The van der Waals surface area contributed by atoms with Crippen molar-refractivity contribution < 1.29 is 29.1 Å². The minimum atomic E-state index is -1.23. The number of fused-ring (bicyclic) bond motifs is 1. The Morgan fingerprint density at radius 2 is 2.30 bits per heavy atom. The Morgan fingerprint density at radius 3 is 3.00 bits per heavy atom. The number of oxime groups is 1. The van der Waals surface area contributed by atoms with Crippen molar-refractivity contribution in [2.24, 2.45) is 5.16 Å². The predicted molar refractivity (Wildman–Crippen MR) is 138 cm³/mol. The largest absolute Gasteiger partial charge is 0.477 e. The summed E-state index contributed by atoms with van der Waals surface area (Å²) in [5.41, 5.74) is 0.436. The van der Waals surface area contributed by atoms with E-state index in [4.69, 9.17) is 10.1 Å². The van der Waals surface area contributed by atoms with E-state index in [1.54, 1.807) is 5.41 Å². The lowest BCUT2D eigenvalue weighted by Crippen LogP contribution is -2.71. The van der Waals surface area contributed by atoms with E-state index in [2.05, 4.69) is 20.8 Å². The summed E-state index contributed by atoms with van der Waals surface area (Å²) in [5, 5.41) is 30.2. The second kappa shape index (κ2) is 12.1. The Labute approximate surface area is 223 Å². The molecule has 12 nitrogen and oxygen atoms in total. The van der Waals surface area contributed by atoms with Gasteiger partial charge in [0.25, 0.3) is 11.8 Å². The van der Waals surface area contributed by atoms with Crippen LogP contribution in [0.25, 0.3) is 0 Å². The summed E-state index contributed by atoms with van der Waals surface area (Å²) in [4.78, 5) is 59.8. The third-order valence-corrected chi connectivity index (χ3v) is 8.38. The molecule has 0 bridgehead atoms. The van der Waals surface area contributed by atoms with Gasteiger partial charge in [0.05, 0.1) is 6.07 Å². The van der Waals surface area contributed by atoms with Crippen LogP contribution >= 0.6 is 34.9 Å². The maximum Gasteiger partial charge on any atom is 0.352 e. The molecule has 3 amide bonds. The van der Waals surface area contributed by atoms with Crippen LogP contribution in [0, 0.1) is 11.3 Å². The number of thiazole rings is 1. The van der Waals surface area contributed by atoms with Crippen LogP contribution in [0.15, 0.2) is 45.4 Å². The molecular weight excluding hydrogens is 540 g/mol. The first-order valence-electron chi connectivity index (χ1n) is 10.9. The van der Waals surface area contributed by atoms with Crippen molar-refractivity contribution in [2.75, 3.05) is 16.8 Å². The van der Waals surface area contributed by atoms with Crippen LogP contribution in [0.5, 0.6) is 0 Å². The summed E-state index contributed by atoms with van der Waals surface area (Å²) in [6.45, 7) is 0. The number of aliphatic carboxylic acids is 1. The van der Waals surface area contributed by atoms with E-state index < -0.39 is 29.2 Å². The molecule has 37 heavy (non-hydrogen) atoms. The van der Waals surface area contributed by atoms with E-state index in [1.807, 2.05) is 18.2 Å². The highest BCUT2D eigenvalue weighted by molar-refractivity contribution is 8.02. The topological polar surface area (TPSA) is 174 Å². The smallest absolute Gasteiger partial charge is 0.352 e. The number of nitriles is 1. The number of carbonyl (C=O) groups is 4. The summed E-state index contributed by atoms with van der Waals surface area (Å²) in [6, 6.07) is 0.892. The van der Waals surface area contributed by atoms with Crippen LogP contribution in [0.4, 0.5) is 5.13 Å². The minimum absolute atomic E-state index is 0.105. The Balaban J connectivity index is 1.50. The van der Waals surface area contributed by atoms with Gasteiger partial charge in [-0.3, -0.25) is 19.3 Å². The highest BCUT2D eigenvalue weighted by Crippen LogP contribution is 2.41. The summed E-state index contributed by atoms with van der Waals surface area (Å²) < 4.78 is 0. The van der Waals surface area contributed by atoms with E-state index in [1.165, 1.54) is 39.9 Å². The van der Waals surface area contributed by atoms with Crippen LogP contribution in [-0.4, -0.2) is 73.9 Å². The molecule has 1 aromatic heterocycles. The van der Waals surface area contributed by atoms with Gasteiger partial charge >= 0.3 is 5.97 Å². The SMILES string of the molecule is N#C/C=C\SCC1=C(C(=O)O)N2C(=O)C(NC(=O)C(=NOC3C=CCC3)c3csc(NC=O)n3)[C@@H]2SC1. The first-order valence-corrected chi connectivity index (χ1v) is 13.9. The number of thioether (sulfide) groups is 2. The normalized spacial score (nSPS) is 22.9. The number of hydrogen-bond acceptors (Lipinski definition) is 11.